The maximum Gasteiger partial charge on any atom is 0.239 e. The molecule has 3 aromatic rings. The lowest BCUT2D eigenvalue weighted by molar-refractivity contribution is -0.278. The van der Waals surface area contributed by atoms with Crippen LogP contribution >= 0.6 is 0 Å². The number of nitrogens with zero attached hydrogens (tertiary/aromatic N) is 2. The summed E-state index contributed by atoms with van der Waals surface area (Å²) < 4.78 is 24.8. The Morgan fingerprint density at radius 1 is 1.00 bits per heavy atom. The van der Waals surface area contributed by atoms with Crippen LogP contribution in [0.15, 0.2) is 42.5 Å². The zero-order valence-electron chi connectivity index (χ0n) is 23.8. The van der Waals surface area contributed by atoms with Gasteiger partial charge in [0.05, 0.1) is 26.0 Å². The molecule has 0 saturated carbocycles. The van der Waals surface area contributed by atoms with Crippen molar-refractivity contribution in [2.24, 2.45) is 0 Å². The first-order valence-corrected chi connectivity index (χ1v) is 13.8. The summed E-state index contributed by atoms with van der Waals surface area (Å²) in [6.45, 7) is 5.54. The van der Waals surface area contributed by atoms with Crippen molar-refractivity contribution in [3.05, 3.63) is 59.2 Å². The Balaban J connectivity index is 1.82. The summed E-state index contributed by atoms with van der Waals surface area (Å²) in [6.07, 6.45) is -6.00. The highest BCUT2D eigenvalue weighted by atomic mass is 16.7. The fourth-order valence-corrected chi connectivity index (χ4v) is 4.87. The molecule has 1 saturated heterocycles. The Morgan fingerprint density at radius 3 is 2.34 bits per heavy atom. The number of aromatic nitrogens is 2. The van der Waals surface area contributed by atoms with E-state index in [1.54, 1.807) is 19.2 Å². The summed E-state index contributed by atoms with van der Waals surface area (Å²) in [4.78, 5) is 0. The van der Waals surface area contributed by atoms with E-state index in [-0.39, 0.29) is 25.1 Å². The van der Waals surface area contributed by atoms with Gasteiger partial charge in [-0.05, 0) is 37.5 Å². The van der Waals surface area contributed by atoms with Crippen molar-refractivity contribution in [2.45, 2.75) is 70.4 Å². The fraction of sp³-hybridized carbons (Fsp3) is 0.500. The van der Waals surface area contributed by atoms with E-state index < -0.39 is 37.3 Å². The number of benzene rings is 2. The summed E-state index contributed by atoms with van der Waals surface area (Å²) in [5.41, 5.74) is 4.37. The second-order valence-electron chi connectivity index (χ2n) is 10.3. The minimum absolute atomic E-state index is 0.0714. The van der Waals surface area contributed by atoms with E-state index in [2.05, 4.69) is 19.1 Å². The van der Waals surface area contributed by atoms with Crippen molar-refractivity contribution in [3.63, 3.8) is 0 Å². The lowest BCUT2D eigenvalue weighted by Gasteiger charge is -2.39. The number of hydrogen-bond donors (Lipinski definition) is 5. The standard InChI is InChI=1S/C30H40N2O9/c1-5-18-6-8-19(9-7-18)25-22(14-20-10-11-21(39-13-12-33)15-23(20)38-4)29(31-32(25)17(2)3)41-30-28(37)27(36)26(35)24(16-34)40-30/h6-11,15,17,24,26-28,30,33-37H,5,12-14,16H2,1-4H3/t24-,26-,27+,28-,30+/m1/s1. The first kappa shape index (κ1) is 30.8. The average molecular weight is 573 g/mol. The van der Waals surface area contributed by atoms with Gasteiger partial charge in [-0.2, -0.15) is 0 Å². The van der Waals surface area contributed by atoms with E-state index in [0.717, 1.165) is 23.2 Å². The van der Waals surface area contributed by atoms with E-state index in [4.69, 9.17) is 29.2 Å². The SMILES string of the molecule is CCc1ccc(-c2c(Cc3ccc(OCCO)cc3OC)c(O[C@@H]3O[C@H](CO)[C@@H](O)[C@H](O)[C@H]3O)nn2C(C)C)cc1. The lowest BCUT2D eigenvalue weighted by atomic mass is 9.98. The second kappa shape index (κ2) is 13.6. The predicted molar refractivity (Wildman–Crippen MR) is 150 cm³/mol. The van der Waals surface area contributed by atoms with Crippen LogP contribution in [-0.4, -0.2) is 92.9 Å². The molecule has 1 aliphatic rings. The summed E-state index contributed by atoms with van der Waals surface area (Å²) in [7, 11) is 1.56. The van der Waals surface area contributed by atoms with Crippen LogP contribution in [0.5, 0.6) is 17.4 Å². The van der Waals surface area contributed by atoms with E-state index in [9.17, 15) is 20.4 Å². The molecule has 4 rings (SSSR count). The molecule has 5 atom stereocenters. The molecule has 11 nitrogen and oxygen atoms in total. The largest absolute Gasteiger partial charge is 0.496 e. The molecule has 224 valence electrons. The van der Waals surface area contributed by atoms with Crippen molar-refractivity contribution < 1.29 is 44.5 Å². The van der Waals surface area contributed by atoms with Crippen LogP contribution in [0.3, 0.4) is 0 Å². The molecule has 41 heavy (non-hydrogen) atoms. The van der Waals surface area contributed by atoms with Crippen molar-refractivity contribution >= 4 is 0 Å². The van der Waals surface area contributed by atoms with Crippen molar-refractivity contribution in [3.8, 4) is 28.6 Å². The van der Waals surface area contributed by atoms with Gasteiger partial charge in [0.1, 0.15) is 42.5 Å². The van der Waals surface area contributed by atoms with E-state index >= 15 is 0 Å². The highest BCUT2D eigenvalue weighted by Crippen LogP contribution is 2.38. The summed E-state index contributed by atoms with van der Waals surface area (Å²) in [5, 5.41) is 54.8. The van der Waals surface area contributed by atoms with Crippen LogP contribution in [0.25, 0.3) is 11.3 Å². The molecule has 2 aromatic carbocycles. The van der Waals surface area contributed by atoms with Crippen molar-refractivity contribution in [1.82, 2.24) is 9.78 Å². The molecule has 11 heteroatoms. The van der Waals surface area contributed by atoms with Gasteiger partial charge in [-0.1, -0.05) is 37.3 Å². The van der Waals surface area contributed by atoms with Crippen LogP contribution in [0.1, 0.15) is 43.5 Å². The molecule has 0 bridgehead atoms. The lowest BCUT2D eigenvalue weighted by Crippen LogP contribution is -2.60. The van der Waals surface area contributed by atoms with Gasteiger partial charge in [0, 0.05) is 29.7 Å². The van der Waals surface area contributed by atoms with Gasteiger partial charge in [-0.3, -0.25) is 4.68 Å². The predicted octanol–water partition coefficient (Wildman–Crippen LogP) is 1.84. The average Bonchev–Trinajstić information content (AvgIpc) is 3.34. The second-order valence-corrected chi connectivity index (χ2v) is 10.3. The Labute approximate surface area is 239 Å². The first-order chi connectivity index (χ1) is 19.7. The van der Waals surface area contributed by atoms with Gasteiger partial charge in [-0.15, -0.1) is 5.10 Å². The Hall–Kier alpha value is -3.19. The number of ether oxygens (including phenoxy) is 4. The summed E-state index contributed by atoms with van der Waals surface area (Å²) in [5.74, 6) is 1.27. The van der Waals surface area contributed by atoms with Gasteiger partial charge in [0.2, 0.25) is 12.2 Å². The van der Waals surface area contributed by atoms with E-state index in [0.29, 0.717) is 23.5 Å². The van der Waals surface area contributed by atoms with Crippen LogP contribution in [0, 0.1) is 0 Å². The molecule has 1 aliphatic heterocycles. The number of aryl methyl sites for hydroxylation is 1. The Morgan fingerprint density at radius 2 is 1.73 bits per heavy atom. The molecular formula is C30H40N2O9. The molecule has 1 fully saturated rings. The van der Waals surface area contributed by atoms with E-state index in [1.165, 1.54) is 5.56 Å². The molecule has 0 unspecified atom stereocenters. The highest BCUT2D eigenvalue weighted by Gasteiger charge is 2.45. The Bertz CT molecular complexity index is 1280. The maximum atomic E-state index is 10.7. The third-order valence-corrected chi connectivity index (χ3v) is 7.16. The third-order valence-electron chi connectivity index (χ3n) is 7.16. The van der Waals surface area contributed by atoms with Gasteiger partial charge in [0.25, 0.3) is 0 Å². The first-order valence-electron chi connectivity index (χ1n) is 13.8. The minimum atomic E-state index is -1.59. The van der Waals surface area contributed by atoms with E-state index in [1.807, 2.05) is 36.7 Å². The molecular weight excluding hydrogens is 532 g/mol. The number of aliphatic hydroxyl groups is 5. The van der Waals surface area contributed by atoms with Gasteiger partial charge in [-0.25, -0.2) is 0 Å². The number of aliphatic hydroxyl groups excluding tert-OH is 5. The topological polar surface area (TPSA) is 156 Å². The van der Waals surface area contributed by atoms with Crippen molar-refractivity contribution in [2.75, 3.05) is 26.9 Å². The fourth-order valence-electron chi connectivity index (χ4n) is 4.87. The monoisotopic (exact) mass is 572 g/mol. The summed E-state index contributed by atoms with van der Waals surface area (Å²) >= 11 is 0. The quantitative estimate of drug-likeness (QED) is 0.217. The maximum absolute atomic E-state index is 10.7. The highest BCUT2D eigenvalue weighted by molar-refractivity contribution is 5.68. The van der Waals surface area contributed by atoms with Gasteiger partial charge < -0.3 is 44.5 Å². The molecule has 0 amide bonds. The Kier molecular flexibility index (Phi) is 10.2. The zero-order chi connectivity index (χ0) is 29.7. The molecule has 5 N–H and O–H groups in total. The summed E-state index contributed by atoms with van der Waals surface area (Å²) in [6, 6.07) is 13.5. The molecule has 0 spiro atoms. The molecule has 0 aliphatic carbocycles. The molecule has 2 heterocycles. The van der Waals surface area contributed by atoms with Crippen LogP contribution in [0.4, 0.5) is 0 Å². The third kappa shape index (κ3) is 6.66. The van der Waals surface area contributed by atoms with Gasteiger partial charge >= 0.3 is 0 Å². The van der Waals surface area contributed by atoms with Crippen LogP contribution in [0.2, 0.25) is 0 Å². The normalized spacial score (nSPS) is 22.6. The smallest absolute Gasteiger partial charge is 0.239 e. The number of methoxy groups -OCH3 is 1. The number of hydrogen-bond acceptors (Lipinski definition) is 10. The number of rotatable bonds is 12. The minimum Gasteiger partial charge on any atom is -0.496 e. The molecule has 1 aromatic heterocycles. The molecule has 0 radical (unpaired) electrons. The van der Waals surface area contributed by atoms with Crippen LogP contribution < -0.4 is 14.2 Å². The van der Waals surface area contributed by atoms with Gasteiger partial charge in [0.15, 0.2) is 0 Å². The van der Waals surface area contributed by atoms with Crippen molar-refractivity contribution in [1.29, 1.82) is 0 Å². The zero-order valence-corrected chi connectivity index (χ0v) is 23.8. The van der Waals surface area contributed by atoms with Crippen LogP contribution in [-0.2, 0) is 17.6 Å².